The molecule has 2 heteroatoms. The van der Waals surface area contributed by atoms with Crippen LogP contribution in [0.4, 0.5) is 0 Å². The molecule has 1 aliphatic heterocycles. The van der Waals surface area contributed by atoms with E-state index in [0.29, 0.717) is 0 Å². The Morgan fingerprint density at radius 1 is 1.20 bits per heavy atom. The summed E-state index contributed by atoms with van der Waals surface area (Å²) >= 11 is 0. The van der Waals surface area contributed by atoms with Crippen LogP contribution in [0.2, 0.25) is 0 Å². The number of rotatable bonds is 3. The first kappa shape index (κ1) is 11.4. The van der Waals surface area contributed by atoms with Gasteiger partial charge in [-0.1, -0.05) is 20.3 Å². The van der Waals surface area contributed by atoms with Crippen molar-refractivity contribution in [3.05, 3.63) is 0 Å². The second-order valence-electron chi connectivity index (χ2n) is 5.68. The van der Waals surface area contributed by atoms with Crippen molar-refractivity contribution >= 4 is 0 Å². The topological polar surface area (TPSA) is 15.3 Å². The Hall–Kier alpha value is -0.0800. The Bertz CT molecular complexity index is 199. The fourth-order valence-corrected chi connectivity index (χ4v) is 3.06. The molecule has 0 aromatic carbocycles. The molecular weight excluding hydrogens is 184 g/mol. The predicted molar refractivity (Wildman–Crippen MR) is 65.0 cm³/mol. The summed E-state index contributed by atoms with van der Waals surface area (Å²) in [5, 5.41) is 3.53. The molecule has 2 atom stereocenters. The average molecular weight is 210 g/mol. The molecule has 1 aliphatic carbocycles. The third kappa shape index (κ3) is 2.36. The van der Waals surface area contributed by atoms with Crippen molar-refractivity contribution in [3.63, 3.8) is 0 Å². The van der Waals surface area contributed by atoms with Crippen LogP contribution in [0.25, 0.3) is 0 Å². The van der Waals surface area contributed by atoms with Crippen molar-refractivity contribution in [1.82, 2.24) is 10.2 Å². The van der Waals surface area contributed by atoms with Gasteiger partial charge in [0.2, 0.25) is 0 Å². The zero-order valence-electron chi connectivity index (χ0n) is 10.5. The molecule has 0 spiro atoms. The van der Waals surface area contributed by atoms with Gasteiger partial charge in [-0.25, -0.2) is 0 Å². The monoisotopic (exact) mass is 210 g/mol. The summed E-state index contributed by atoms with van der Waals surface area (Å²) in [5.41, 5.74) is 0. The second-order valence-corrected chi connectivity index (χ2v) is 5.68. The molecule has 1 saturated heterocycles. The lowest BCUT2D eigenvalue weighted by molar-refractivity contribution is 0.0335. The molecule has 15 heavy (non-hydrogen) atoms. The quantitative estimate of drug-likeness (QED) is 0.767. The van der Waals surface area contributed by atoms with Crippen LogP contribution in [-0.2, 0) is 0 Å². The minimum absolute atomic E-state index is 0.759. The van der Waals surface area contributed by atoms with Gasteiger partial charge in [0.1, 0.15) is 0 Å². The third-order valence-corrected chi connectivity index (χ3v) is 4.45. The number of nitrogens with one attached hydrogen (secondary N) is 1. The standard InChI is InChI=1S/C13H26N2/c1-10(2)13-9-14-7-8-15(13)11(3)12-5-4-6-12/h10-14H,4-9H2,1-3H3. The Balaban J connectivity index is 1.96. The van der Waals surface area contributed by atoms with Crippen molar-refractivity contribution < 1.29 is 0 Å². The Kier molecular flexibility index (Phi) is 3.68. The molecule has 0 bridgehead atoms. The van der Waals surface area contributed by atoms with E-state index in [1.807, 2.05) is 0 Å². The third-order valence-electron chi connectivity index (χ3n) is 4.45. The zero-order chi connectivity index (χ0) is 10.8. The molecule has 0 amide bonds. The van der Waals surface area contributed by atoms with Crippen molar-refractivity contribution in [3.8, 4) is 0 Å². The van der Waals surface area contributed by atoms with Gasteiger partial charge < -0.3 is 5.32 Å². The van der Waals surface area contributed by atoms with E-state index in [-0.39, 0.29) is 0 Å². The zero-order valence-corrected chi connectivity index (χ0v) is 10.5. The highest BCUT2D eigenvalue weighted by Crippen LogP contribution is 2.33. The maximum absolute atomic E-state index is 3.53. The molecule has 0 aromatic heterocycles. The summed E-state index contributed by atoms with van der Waals surface area (Å²) in [7, 11) is 0. The van der Waals surface area contributed by atoms with Crippen molar-refractivity contribution in [2.24, 2.45) is 11.8 Å². The normalized spacial score (nSPS) is 31.6. The van der Waals surface area contributed by atoms with Crippen molar-refractivity contribution in [2.45, 2.75) is 52.1 Å². The predicted octanol–water partition coefficient (Wildman–Crippen LogP) is 2.10. The van der Waals surface area contributed by atoms with Gasteiger partial charge in [0.25, 0.3) is 0 Å². The van der Waals surface area contributed by atoms with Crippen LogP contribution in [0.1, 0.15) is 40.0 Å². The van der Waals surface area contributed by atoms with E-state index in [1.54, 1.807) is 0 Å². The van der Waals surface area contributed by atoms with Gasteiger partial charge >= 0.3 is 0 Å². The summed E-state index contributed by atoms with van der Waals surface area (Å²) in [5.74, 6) is 1.77. The second kappa shape index (κ2) is 4.84. The summed E-state index contributed by atoms with van der Waals surface area (Å²) in [6.07, 6.45) is 4.40. The summed E-state index contributed by atoms with van der Waals surface area (Å²) < 4.78 is 0. The largest absolute Gasteiger partial charge is 0.314 e. The van der Waals surface area contributed by atoms with E-state index < -0.39 is 0 Å². The highest BCUT2D eigenvalue weighted by atomic mass is 15.2. The molecular formula is C13H26N2. The average Bonchev–Trinajstić information content (AvgIpc) is 2.15. The number of nitrogens with zero attached hydrogens (tertiary/aromatic N) is 1. The molecule has 88 valence electrons. The fraction of sp³-hybridized carbons (Fsp3) is 1.00. The van der Waals surface area contributed by atoms with Crippen molar-refractivity contribution in [1.29, 1.82) is 0 Å². The summed E-state index contributed by atoms with van der Waals surface area (Å²) in [4.78, 5) is 2.77. The van der Waals surface area contributed by atoms with Gasteiger partial charge in [-0.05, 0) is 31.6 Å². The highest BCUT2D eigenvalue weighted by Gasteiger charge is 2.34. The van der Waals surface area contributed by atoms with Crippen LogP contribution >= 0.6 is 0 Å². The van der Waals surface area contributed by atoms with E-state index in [2.05, 4.69) is 31.0 Å². The maximum Gasteiger partial charge on any atom is 0.0247 e. The first-order chi connectivity index (χ1) is 7.20. The molecule has 0 radical (unpaired) electrons. The van der Waals surface area contributed by atoms with Gasteiger partial charge in [0.15, 0.2) is 0 Å². The Morgan fingerprint density at radius 3 is 2.47 bits per heavy atom. The molecule has 2 nitrogen and oxygen atoms in total. The van der Waals surface area contributed by atoms with Gasteiger partial charge in [-0.3, -0.25) is 4.90 Å². The molecule has 1 heterocycles. The van der Waals surface area contributed by atoms with Crippen LogP contribution in [0.15, 0.2) is 0 Å². The minimum atomic E-state index is 0.759. The SMILES string of the molecule is CC(C)C1CNCCN1C(C)C1CCC1. The smallest absolute Gasteiger partial charge is 0.0247 e. The molecule has 2 rings (SSSR count). The molecule has 2 unspecified atom stereocenters. The van der Waals surface area contributed by atoms with Gasteiger partial charge in [0.05, 0.1) is 0 Å². The van der Waals surface area contributed by atoms with Gasteiger partial charge in [-0.15, -0.1) is 0 Å². The summed E-state index contributed by atoms with van der Waals surface area (Å²) in [6.45, 7) is 10.8. The van der Waals surface area contributed by atoms with Crippen LogP contribution < -0.4 is 5.32 Å². The fourth-order valence-electron chi connectivity index (χ4n) is 3.06. The lowest BCUT2D eigenvalue weighted by atomic mass is 9.78. The highest BCUT2D eigenvalue weighted by molar-refractivity contribution is 4.90. The molecule has 0 aromatic rings. The van der Waals surface area contributed by atoms with E-state index in [0.717, 1.165) is 23.9 Å². The molecule has 2 aliphatic rings. The van der Waals surface area contributed by atoms with Gasteiger partial charge in [-0.2, -0.15) is 0 Å². The Morgan fingerprint density at radius 2 is 1.93 bits per heavy atom. The number of hydrogen-bond acceptors (Lipinski definition) is 2. The van der Waals surface area contributed by atoms with Crippen LogP contribution in [0, 0.1) is 11.8 Å². The lowest BCUT2D eigenvalue weighted by Gasteiger charge is -2.47. The minimum Gasteiger partial charge on any atom is -0.314 e. The van der Waals surface area contributed by atoms with E-state index >= 15 is 0 Å². The first-order valence-electron chi connectivity index (χ1n) is 6.66. The van der Waals surface area contributed by atoms with E-state index in [1.165, 1.54) is 38.9 Å². The molecule has 1 N–H and O–H groups in total. The molecule has 2 fully saturated rings. The lowest BCUT2D eigenvalue weighted by Crippen LogP contribution is -2.58. The van der Waals surface area contributed by atoms with Gasteiger partial charge in [0, 0.05) is 31.7 Å². The van der Waals surface area contributed by atoms with Crippen molar-refractivity contribution in [2.75, 3.05) is 19.6 Å². The van der Waals surface area contributed by atoms with Crippen LogP contribution in [-0.4, -0.2) is 36.6 Å². The Labute approximate surface area is 94.4 Å². The first-order valence-corrected chi connectivity index (χ1v) is 6.66. The maximum atomic E-state index is 3.53. The van der Waals surface area contributed by atoms with Crippen LogP contribution in [0.5, 0.6) is 0 Å². The van der Waals surface area contributed by atoms with Crippen LogP contribution in [0.3, 0.4) is 0 Å². The van der Waals surface area contributed by atoms with E-state index in [9.17, 15) is 0 Å². The summed E-state index contributed by atoms with van der Waals surface area (Å²) in [6, 6.07) is 1.57. The molecule has 1 saturated carbocycles. The number of piperazine rings is 1. The number of hydrogen-bond donors (Lipinski definition) is 1. The van der Waals surface area contributed by atoms with E-state index in [4.69, 9.17) is 0 Å².